The largest absolute Gasteiger partial charge is 0.497 e. The highest BCUT2D eigenvalue weighted by Crippen LogP contribution is 2.28. The number of guanidine groups is 1. The maximum absolute atomic E-state index is 12.6. The first-order chi connectivity index (χ1) is 15.2. The second-order valence-corrected chi connectivity index (χ2v) is 7.33. The van der Waals surface area contributed by atoms with Gasteiger partial charge in [-0.05, 0) is 43.5 Å². The molecule has 0 radical (unpaired) electrons. The summed E-state index contributed by atoms with van der Waals surface area (Å²) in [5, 5.41) is 6.57. The van der Waals surface area contributed by atoms with Crippen LogP contribution in [0.3, 0.4) is 0 Å². The quantitative estimate of drug-likeness (QED) is 0.368. The molecule has 0 bridgehead atoms. The molecule has 3 rings (SSSR count). The number of nitrogens with one attached hydrogen (secondary N) is 2. The topological polar surface area (TPSA) is 75.2 Å². The Morgan fingerprint density at radius 2 is 1.97 bits per heavy atom. The minimum atomic E-state index is 0.177. The summed E-state index contributed by atoms with van der Waals surface area (Å²) in [5.41, 5.74) is 3.29. The van der Waals surface area contributed by atoms with Gasteiger partial charge in [0.2, 0.25) is 5.91 Å². The van der Waals surface area contributed by atoms with E-state index >= 15 is 0 Å². The van der Waals surface area contributed by atoms with Crippen LogP contribution in [0.25, 0.3) is 0 Å². The van der Waals surface area contributed by atoms with Crippen molar-refractivity contribution in [1.82, 2.24) is 10.6 Å². The van der Waals surface area contributed by atoms with Crippen LogP contribution in [0.15, 0.2) is 47.5 Å². The lowest BCUT2D eigenvalue weighted by molar-refractivity contribution is -0.118. The predicted octanol–water partition coefficient (Wildman–Crippen LogP) is 3.13. The summed E-state index contributed by atoms with van der Waals surface area (Å²) in [7, 11) is 3.27. The summed E-state index contributed by atoms with van der Waals surface area (Å²) < 4.78 is 10.7. The molecule has 0 fully saturated rings. The number of carbonyl (C=O) groups excluding carboxylic acids is 1. The van der Waals surface area contributed by atoms with Crippen molar-refractivity contribution >= 4 is 17.6 Å². The number of methoxy groups -OCH3 is 2. The minimum absolute atomic E-state index is 0.177. The van der Waals surface area contributed by atoms with E-state index in [1.165, 1.54) is 5.56 Å². The number of aliphatic imine (C=N–C) groups is 1. The van der Waals surface area contributed by atoms with Crippen LogP contribution < -0.4 is 25.0 Å². The lowest BCUT2D eigenvalue weighted by Crippen LogP contribution is -2.38. The number of anilines is 1. The van der Waals surface area contributed by atoms with Gasteiger partial charge in [0.15, 0.2) is 5.96 Å². The van der Waals surface area contributed by atoms with Crippen LogP contribution in [-0.4, -0.2) is 45.7 Å². The van der Waals surface area contributed by atoms with Gasteiger partial charge in [0.05, 0.1) is 20.8 Å². The molecule has 1 heterocycles. The summed E-state index contributed by atoms with van der Waals surface area (Å²) in [6, 6.07) is 13.9. The number of para-hydroxylation sites is 1. The molecule has 1 amide bonds. The first kappa shape index (κ1) is 22.5. The molecule has 1 aliphatic rings. The molecule has 0 saturated heterocycles. The molecule has 1 aliphatic heterocycles. The molecule has 2 N–H and O–H groups in total. The average Bonchev–Trinajstić information content (AvgIpc) is 3.24. The van der Waals surface area contributed by atoms with E-state index in [0.29, 0.717) is 19.5 Å². The second-order valence-electron chi connectivity index (χ2n) is 7.33. The Kier molecular flexibility index (Phi) is 8.15. The van der Waals surface area contributed by atoms with Crippen molar-refractivity contribution < 1.29 is 14.3 Å². The van der Waals surface area contributed by atoms with Crippen molar-refractivity contribution in [3.8, 4) is 11.5 Å². The van der Waals surface area contributed by atoms with Crippen LogP contribution in [0.2, 0.25) is 0 Å². The SMILES string of the molecule is CCNC(=NCc1ccc(OC)cc1OC)NCCCC(=O)N1CCc2ccccc21. The molecule has 0 unspecified atom stereocenters. The van der Waals surface area contributed by atoms with Gasteiger partial charge >= 0.3 is 0 Å². The van der Waals surface area contributed by atoms with Crippen LogP contribution in [0.5, 0.6) is 11.5 Å². The zero-order valence-electron chi connectivity index (χ0n) is 18.6. The van der Waals surface area contributed by atoms with Crippen molar-refractivity contribution in [3.05, 3.63) is 53.6 Å². The first-order valence-electron chi connectivity index (χ1n) is 10.8. The molecule has 0 aromatic heterocycles. The van der Waals surface area contributed by atoms with Gasteiger partial charge in [-0.15, -0.1) is 0 Å². The highest BCUT2D eigenvalue weighted by Gasteiger charge is 2.23. The van der Waals surface area contributed by atoms with Gasteiger partial charge in [0.1, 0.15) is 11.5 Å². The van der Waals surface area contributed by atoms with Crippen molar-refractivity contribution in [2.75, 3.05) is 38.8 Å². The molecule has 0 aliphatic carbocycles. The third kappa shape index (κ3) is 5.90. The standard InChI is InChI=1S/C24H32N4O3/c1-4-25-24(27-17-19-11-12-20(30-2)16-22(19)31-3)26-14-7-10-23(29)28-15-13-18-8-5-6-9-21(18)28/h5-6,8-9,11-12,16H,4,7,10,13-15,17H2,1-3H3,(H2,25,26,27). The molecule has 0 saturated carbocycles. The Hall–Kier alpha value is -3.22. The molecular formula is C24H32N4O3. The number of rotatable bonds is 9. The van der Waals surface area contributed by atoms with E-state index in [9.17, 15) is 4.79 Å². The zero-order chi connectivity index (χ0) is 22.1. The predicted molar refractivity (Wildman–Crippen MR) is 124 cm³/mol. The molecular weight excluding hydrogens is 392 g/mol. The number of carbonyl (C=O) groups is 1. The van der Waals surface area contributed by atoms with Gasteiger partial charge in [0.25, 0.3) is 0 Å². The fraction of sp³-hybridized carbons (Fsp3) is 0.417. The van der Waals surface area contributed by atoms with Gasteiger partial charge in [-0.3, -0.25) is 4.79 Å². The van der Waals surface area contributed by atoms with Gasteiger partial charge in [0, 0.05) is 43.4 Å². The Morgan fingerprint density at radius 1 is 1.13 bits per heavy atom. The van der Waals surface area contributed by atoms with Crippen molar-refractivity contribution in [3.63, 3.8) is 0 Å². The number of hydrogen-bond donors (Lipinski definition) is 2. The van der Waals surface area contributed by atoms with Crippen LogP contribution in [0, 0.1) is 0 Å². The number of fused-ring (bicyclic) bond motifs is 1. The van der Waals surface area contributed by atoms with Crippen molar-refractivity contribution in [2.45, 2.75) is 32.7 Å². The normalized spacial score (nSPS) is 13.0. The van der Waals surface area contributed by atoms with Crippen molar-refractivity contribution in [1.29, 1.82) is 0 Å². The smallest absolute Gasteiger partial charge is 0.227 e. The van der Waals surface area contributed by atoms with E-state index in [2.05, 4.69) is 21.7 Å². The van der Waals surface area contributed by atoms with Crippen LogP contribution in [0.4, 0.5) is 5.69 Å². The highest BCUT2D eigenvalue weighted by molar-refractivity contribution is 5.95. The van der Waals surface area contributed by atoms with E-state index in [4.69, 9.17) is 9.47 Å². The number of ether oxygens (including phenoxy) is 2. The number of hydrogen-bond acceptors (Lipinski definition) is 4. The summed E-state index contributed by atoms with van der Waals surface area (Å²) in [6.07, 6.45) is 2.19. The number of amides is 1. The van der Waals surface area contributed by atoms with Gasteiger partial charge in [-0.1, -0.05) is 18.2 Å². The molecule has 0 atom stereocenters. The Balaban J connectivity index is 1.50. The van der Waals surface area contributed by atoms with Crippen LogP contribution in [-0.2, 0) is 17.8 Å². The van der Waals surface area contributed by atoms with E-state index in [-0.39, 0.29) is 5.91 Å². The fourth-order valence-electron chi connectivity index (χ4n) is 3.67. The maximum Gasteiger partial charge on any atom is 0.227 e. The van der Waals surface area contributed by atoms with E-state index in [1.807, 2.05) is 48.2 Å². The third-order valence-electron chi connectivity index (χ3n) is 5.29. The second kappa shape index (κ2) is 11.2. The van der Waals surface area contributed by atoms with Crippen LogP contribution >= 0.6 is 0 Å². The summed E-state index contributed by atoms with van der Waals surface area (Å²) in [4.78, 5) is 19.2. The van der Waals surface area contributed by atoms with E-state index in [1.54, 1.807) is 14.2 Å². The number of nitrogens with zero attached hydrogens (tertiary/aromatic N) is 2. The lowest BCUT2D eigenvalue weighted by atomic mass is 10.2. The molecule has 2 aromatic carbocycles. The van der Waals surface area contributed by atoms with E-state index in [0.717, 1.165) is 54.6 Å². The maximum atomic E-state index is 12.6. The number of benzene rings is 2. The monoisotopic (exact) mass is 424 g/mol. The summed E-state index contributed by atoms with van der Waals surface area (Å²) >= 11 is 0. The van der Waals surface area contributed by atoms with E-state index < -0.39 is 0 Å². The Morgan fingerprint density at radius 3 is 2.74 bits per heavy atom. The van der Waals surface area contributed by atoms with Gasteiger partial charge < -0.3 is 25.0 Å². The summed E-state index contributed by atoms with van der Waals surface area (Å²) in [6.45, 7) is 4.72. The highest BCUT2D eigenvalue weighted by atomic mass is 16.5. The Bertz CT molecular complexity index is 913. The molecule has 31 heavy (non-hydrogen) atoms. The van der Waals surface area contributed by atoms with Crippen LogP contribution in [0.1, 0.15) is 30.9 Å². The lowest BCUT2D eigenvalue weighted by Gasteiger charge is -2.17. The van der Waals surface area contributed by atoms with Gasteiger partial charge in [-0.2, -0.15) is 0 Å². The third-order valence-corrected chi connectivity index (χ3v) is 5.29. The first-order valence-corrected chi connectivity index (χ1v) is 10.8. The average molecular weight is 425 g/mol. The summed E-state index contributed by atoms with van der Waals surface area (Å²) in [5.74, 6) is 2.39. The molecule has 7 heteroatoms. The minimum Gasteiger partial charge on any atom is -0.497 e. The fourth-order valence-corrected chi connectivity index (χ4v) is 3.67. The van der Waals surface area contributed by atoms with Crippen molar-refractivity contribution in [2.24, 2.45) is 4.99 Å². The molecule has 166 valence electrons. The van der Waals surface area contributed by atoms with Gasteiger partial charge in [-0.25, -0.2) is 4.99 Å². The molecule has 7 nitrogen and oxygen atoms in total. The molecule has 0 spiro atoms. The molecule has 2 aromatic rings. The zero-order valence-corrected chi connectivity index (χ0v) is 18.6. The Labute approximate surface area is 184 Å².